The number of hydrogen-bond donors (Lipinski definition) is 2. The Morgan fingerprint density at radius 2 is 2.14 bits per heavy atom. The summed E-state index contributed by atoms with van der Waals surface area (Å²) in [5.74, 6) is -0.208. The van der Waals surface area contributed by atoms with Crippen molar-refractivity contribution in [3.63, 3.8) is 0 Å². The number of sulfone groups is 1. The number of hydrogen-bond acceptors (Lipinski definition) is 5. The largest absolute Gasteiger partial charge is 0.397 e. The van der Waals surface area contributed by atoms with Crippen LogP contribution in [0, 0.1) is 0 Å². The van der Waals surface area contributed by atoms with Gasteiger partial charge in [-0.05, 0) is 24.6 Å². The summed E-state index contributed by atoms with van der Waals surface area (Å²) in [6.45, 7) is 0.309. The van der Waals surface area contributed by atoms with Crippen molar-refractivity contribution in [1.29, 1.82) is 0 Å². The van der Waals surface area contributed by atoms with Gasteiger partial charge < -0.3 is 11.1 Å². The van der Waals surface area contributed by atoms with Crippen LogP contribution in [0.1, 0.15) is 16.1 Å². The monoisotopic (exact) mass is 390 g/mol. The maximum absolute atomic E-state index is 12.1. The lowest BCUT2D eigenvalue weighted by Crippen LogP contribution is -2.25. The van der Waals surface area contributed by atoms with Crippen LogP contribution >= 0.6 is 27.3 Å². The fourth-order valence-electron chi connectivity index (χ4n) is 1.87. The van der Waals surface area contributed by atoms with Gasteiger partial charge in [0, 0.05) is 27.4 Å². The van der Waals surface area contributed by atoms with Crippen LogP contribution in [0.2, 0.25) is 0 Å². The number of thiophene rings is 1. The fraction of sp³-hybridized carbons (Fsp3) is 0.308. The number of amides is 1. The van der Waals surface area contributed by atoms with E-state index in [4.69, 9.17) is 5.73 Å². The Kier molecular flexibility index (Phi) is 4.90. The van der Waals surface area contributed by atoms with Crippen molar-refractivity contribution in [2.45, 2.75) is 6.42 Å². The molecule has 114 valence electrons. The van der Waals surface area contributed by atoms with Gasteiger partial charge in [-0.15, -0.1) is 11.3 Å². The Morgan fingerprint density at radius 1 is 1.43 bits per heavy atom. The van der Waals surface area contributed by atoms with E-state index < -0.39 is 9.84 Å². The minimum atomic E-state index is -3.00. The van der Waals surface area contributed by atoms with Gasteiger partial charge in [0.15, 0.2) is 0 Å². The highest BCUT2D eigenvalue weighted by molar-refractivity contribution is 9.10. The molecule has 1 aromatic carbocycles. The third-order valence-corrected chi connectivity index (χ3v) is 5.58. The maximum atomic E-state index is 12.1. The SMILES string of the molecule is CS(=O)(=O)CCCNC(=O)c1sc2ccc(Br)cc2c1N. The summed E-state index contributed by atoms with van der Waals surface area (Å²) in [5, 5.41) is 3.55. The van der Waals surface area contributed by atoms with E-state index in [1.807, 2.05) is 18.2 Å². The van der Waals surface area contributed by atoms with E-state index in [0.717, 1.165) is 14.6 Å². The molecule has 5 nitrogen and oxygen atoms in total. The summed E-state index contributed by atoms with van der Waals surface area (Å²) in [6, 6.07) is 5.68. The minimum absolute atomic E-state index is 0.0577. The molecule has 0 bridgehead atoms. The third-order valence-electron chi connectivity index (χ3n) is 2.87. The molecule has 21 heavy (non-hydrogen) atoms. The molecule has 2 rings (SSSR count). The van der Waals surface area contributed by atoms with Crippen LogP contribution in [0.3, 0.4) is 0 Å². The molecule has 0 atom stereocenters. The Balaban J connectivity index is 2.08. The average Bonchev–Trinajstić information content (AvgIpc) is 2.71. The first kappa shape index (κ1) is 16.3. The highest BCUT2D eigenvalue weighted by Crippen LogP contribution is 2.35. The van der Waals surface area contributed by atoms with E-state index in [2.05, 4.69) is 21.2 Å². The van der Waals surface area contributed by atoms with E-state index in [1.165, 1.54) is 17.6 Å². The normalized spacial score (nSPS) is 11.7. The Bertz CT molecular complexity index is 784. The van der Waals surface area contributed by atoms with Crippen LogP contribution < -0.4 is 11.1 Å². The Morgan fingerprint density at radius 3 is 2.81 bits per heavy atom. The van der Waals surface area contributed by atoms with Gasteiger partial charge in [0.25, 0.3) is 5.91 Å². The molecule has 3 N–H and O–H groups in total. The van der Waals surface area contributed by atoms with E-state index in [0.29, 0.717) is 23.5 Å². The quantitative estimate of drug-likeness (QED) is 0.766. The number of fused-ring (bicyclic) bond motifs is 1. The summed E-state index contributed by atoms with van der Waals surface area (Å²) in [4.78, 5) is 12.6. The Hall–Kier alpha value is -1.12. The van der Waals surface area contributed by atoms with Crippen molar-refractivity contribution in [2.75, 3.05) is 24.3 Å². The van der Waals surface area contributed by atoms with Crippen molar-refractivity contribution in [1.82, 2.24) is 5.32 Å². The number of nitrogens with one attached hydrogen (secondary N) is 1. The van der Waals surface area contributed by atoms with E-state index in [9.17, 15) is 13.2 Å². The summed E-state index contributed by atoms with van der Waals surface area (Å²) in [6.07, 6.45) is 1.57. The lowest BCUT2D eigenvalue weighted by atomic mass is 10.2. The minimum Gasteiger partial charge on any atom is -0.397 e. The van der Waals surface area contributed by atoms with Gasteiger partial charge in [-0.25, -0.2) is 8.42 Å². The van der Waals surface area contributed by atoms with Gasteiger partial charge in [-0.1, -0.05) is 15.9 Å². The molecule has 1 amide bonds. The van der Waals surface area contributed by atoms with Gasteiger partial charge >= 0.3 is 0 Å². The average molecular weight is 391 g/mol. The van der Waals surface area contributed by atoms with Gasteiger partial charge in [-0.2, -0.15) is 0 Å². The van der Waals surface area contributed by atoms with Gasteiger partial charge in [0.2, 0.25) is 0 Å². The molecule has 0 unspecified atom stereocenters. The molecule has 0 saturated heterocycles. The third kappa shape index (κ3) is 4.18. The molecule has 2 aromatic rings. The standard InChI is InChI=1S/C13H15BrN2O3S2/c1-21(18,19)6-2-5-16-13(17)12-11(15)9-7-8(14)3-4-10(9)20-12/h3-4,7H,2,5-6,15H2,1H3,(H,16,17). The van der Waals surface area contributed by atoms with Crippen molar-refractivity contribution in [3.8, 4) is 0 Å². The first-order chi connectivity index (χ1) is 9.78. The van der Waals surface area contributed by atoms with Crippen molar-refractivity contribution in [3.05, 3.63) is 27.5 Å². The zero-order valence-electron chi connectivity index (χ0n) is 11.3. The lowest BCUT2D eigenvalue weighted by molar-refractivity contribution is 0.0958. The van der Waals surface area contributed by atoms with Gasteiger partial charge in [0.05, 0.1) is 11.4 Å². The number of carbonyl (C=O) groups is 1. The molecular weight excluding hydrogens is 376 g/mol. The molecule has 8 heteroatoms. The van der Waals surface area contributed by atoms with Gasteiger partial charge in [0.1, 0.15) is 14.7 Å². The Labute approximate surface area is 135 Å². The fourth-order valence-corrected chi connectivity index (χ4v) is 3.92. The number of rotatable bonds is 5. The summed E-state index contributed by atoms with van der Waals surface area (Å²) in [5.41, 5.74) is 6.47. The summed E-state index contributed by atoms with van der Waals surface area (Å²) >= 11 is 4.70. The van der Waals surface area contributed by atoms with Crippen LogP contribution in [0.4, 0.5) is 5.69 Å². The molecule has 0 aliphatic heterocycles. The number of nitrogens with two attached hydrogens (primary N) is 1. The molecule has 0 aliphatic rings. The molecule has 0 aliphatic carbocycles. The molecule has 0 radical (unpaired) electrons. The first-order valence-corrected chi connectivity index (χ1v) is 9.88. The van der Waals surface area contributed by atoms with Crippen molar-refractivity contribution < 1.29 is 13.2 Å². The zero-order valence-corrected chi connectivity index (χ0v) is 14.6. The maximum Gasteiger partial charge on any atom is 0.263 e. The predicted molar refractivity (Wildman–Crippen MR) is 90.6 cm³/mol. The summed E-state index contributed by atoms with van der Waals surface area (Å²) in [7, 11) is -3.00. The van der Waals surface area contributed by atoms with Gasteiger partial charge in [-0.3, -0.25) is 4.79 Å². The highest BCUT2D eigenvalue weighted by Gasteiger charge is 2.16. The van der Waals surface area contributed by atoms with E-state index >= 15 is 0 Å². The second kappa shape index (κ2) is 6.33. The lowest BCUT2D eigenvalue weighted by Gasteiger charge is -2.03. The van der Waals surface area contributed by atoms with Crippen LogP contribution in [-0.4, -0.2) is 32.9 Å². The van der Waals surface area contributed by atoms with E-state index in [1.54, 1.807) is 0 Å². The molecule has 0 spiro atoms. The van der Waals surface area contributed by atoms with Crippen LogP contribution in [0.5, 0.6) is 0 Å². The molecule has 0 fully saturated rings. The smallest absolute Gasteiger partial charge is 0.263 e. The number of halogens is 1. The molecule has 0 saturated carbocycles. The number of anilines is 1. The summed E-state index contributed by atoms with van der Waals surface area (Å²) < 4.78 is 23.9. The first-order valence-electron chi connectivity index (χ1n) is 6.21. The van der Waals surface area contributed by atoms with Crippen LogP contribution in [0.15, 0.2) is 22.7 Å². The second-order valence-corrected chi connectivity index (χ2v) is 8.95. The van der Waals surface area contributed by atoms with Crippen LogP contribution in [-0.2, 0) is 9.84 Å². The number of nitrogen functional groups attached to an aromatic ring is 1. The topological polar surface area (TPSA) is 89.3 Å². The number of carbonyl (C=O) groups excluding carboxylic acids is 1. The highest BCUT2D eigenvalue weighted by atomic mass is 79.9. The van der Waals surface area contributed by atoms with Crippen LogP contribution in [0.25, 0.3) is 10.1 Å². The second-order valence-electron chi connectivity index (χ2n) is 4.72. The molecular formula is C13H15BrN2O3S2. The van der Waals surface area contributed by atoms with E-state index in [-0.39, 0.29) is 11.7 Å². The van der Waals surface area contributed by atoms with Crippen molar-refractivity contribution >= 4 is 58.8 Å². The number of benzene rings is 1. The van der Waals surface area contributed by atoms with Crippen molar-refractivity contribution in [2.24, 2.45) is 0 Å². The molecule has 1 aromatic heterocycles. The predicted octanol–water partition coefficient (Wildman–Crippen LogP) is 2.41. The molecule has 1 heterocycles. The zero-order chi connectivity index (χ0) is 15.6.